The minimum absolute atomic E-state index is 0.0501. The van der Waals surface area contributed by atoms with Crippen molar-refractivity contribution in [3.8, 4) is 11.3 Å². The highest BCUT2D eigenvalue weighted by Gasteiger charge is 2.30. The number of nitrogens with one attached hydrogen (secondary N) is 1. The Labute approximate surface area is 162 Å². The molecule has 7 nitrogen and oxygen atoms in total. The Morgan fingerprint density at radius 2 is 2.04 bits per heavy atom. The second-order valence-electron chi connectivity index (χ2n) is 7.51. The highest BCUT2D eigenvalue weighted by Crippen LogP contribution is 2.26. The van der Waals surface area contributed by atoms with E-state index >= 15 is 0 Å². The molecule has 1 aliphatic rings. The molecule has 0 aliphatic carbocycles. The quantitative estimate of drug-likeness (QED) is 0.865. The summed E-state index contributed by atoms with van der Waals surface area (Å²) >= 11 is 1.39. The summed E-state index contributed by atoms with van der Waals surface area (Å²) in [5, 5.41) is 5.38. The van der Waals surface area contributed by atoms with Gasteiger partial charge in [-0.15, -0.1) is 11.3 Å². The molecule has 0 saturated carbocycles. The summed E-state index contributed by atoms with van der Waals surface area (Å²) in [5.41, 5.74) is 1.20. The van der Waals surface area contributed by atoms with Crippen molar-refractivity contribution in [1.29, 1.82) is 0 Å². The van der Waals surface area contributed by atoms with E-state index in [0.29, 0.717) is 31.1 Å². The molecule has 0 atom stereocenters. The van der Waals surface area contributed by atoms with Gasteiger partial charge in [-0.25, -0.2) is 9.78 Å². The summed E-state index contributed by atoms with van der Waals surface area (Å²) < 4.78 is 5.39. The highest BCUT2D eigenvalue weighted by molar-refractivity contribution is 7.14. The van der Waals surface area contributed by atoms with Gasteiger partial charge in [0, 0.05) is 42.3 Å². The smallest absolute Gasteiger partial charge is 0.410 e. The molecule has 1 N–H and O–H groups in total. The topological polar surface area (TPSA) is 84.4 Å². The summed E-state index contributed by atoms with van der Waals surface area (Å²) in [6, 6.07) is 3.78. The van der Waals surface area contributed by atoms with Crippen molar-refractivity contribution in [1.82, 2.24) is 14.9 Å². The first-order chi connectivity index (χ1) is 12.8. The molecule has 2 aromatic heterocycles. The van der Waals surface area contributed by atoms with Crippen LogP contribution in [0.4, 0.5) is 9.93 Å². The molecule has 27 heavy (non-hydrogen) atoms. The van der Waals surface area contributed by atoms with Gasteiger partial charge in [-0.2, -0.15) is 0 Å². The summed E-state index contributed by atoms with van der Waals surface area (Å²) in [5.74, 6) is -0.180. The summed E-state index contributed by atoms with van der Waals surface area (Å²) in [6.07, 6.45) is 4.37. The number of anilines is 1. The van der Waals surface area contributed by atoms with Gasteiger partial charge in [-0.05, 0) is 45.7 Å². The summed E-state index contributed by atoms with van der Waals surface area (Å²) in [4.78, 5) is 34.8. The summed E-state index contributed by atoms with van der Waals surface area (Å²) in [6.45, 7) is 6.58. The predicted molar refractivity (Wildman–Crippen MR) is 105 cm³/mol. The lowest BCUT2D eigenvalue weighted by atomic mass is 9.96. The van der Waals surface area contributed by atoms with Crippen LogP contribution in [0, 0.1) is 5.92 Å². The Hall–Kier alpha value is -2.48. The zero-order valence-electron chi connectivity index (χ0n) is 15.8. The zero-order chi connectivity index (χ0) is 19.4. The Morgan fingerprint density at radius 3 is 2.67 bits per heavy atom. The first-order valence-electron chi connectivity index (χ1n) is 8.96. The van der Waals surface area contributed by atoms with Crippen LogP contribution in [0.3, 0.4) is 0 Å². The van der Waals surface area contributed by atoms with Crippen molar-refractivity contribution in [2.24, 2.45) is 5.92 Å². The van der Waals surface area contributed by atoms with Crippen LogP contribution in [0.5, 0.6) is 0 Å². The predicted octanol–water partition coefficient (Wildman–Crippen LogP) is 3.79. The molecule has 1 fully saturated rings. The maximum absolute atomic E-state index is 12.5. The number of nitrogens with zero attached hydrogens (tertiary/aromatic N) is 3. The van der Waals surface area contributed by atoms with E-state index in [4.69, 9.17) is 4.74 Å². The molecule has 144 valence electrons. The molecule has 2 amide bonds. The SMILES string of the molecule is CC(C)(C)OC(=O)N1CCC(C(=O)Nc2nc(-c3cccnc3)cs2)CC1. The van der Waals surface area contributed by atoms with Gasteiger partial charge in [0.25, 0.3) is 0 Å². The molecule has 0 unspecified atom stereocenters. The second kappa shape index (κ2) is 8.04. The average Bonchev–Trinajstić information content (AvgIpc) is 3.09. The third-order valence-electron chi connectivity index (χ3n) is 4.21. The van der Waals surface area contributed by atoms with Crippen molar-refractivity contribution in [2.45, 2.75) is 39.2 Å². The standard InChI is InChI=1S/C19H24N4O3S/c1-19(2,3)26-18(25)23-9-6-13(7-10-23)16(24)22-17-21-15(12-27-17)14-5-4-8-20-11-14/h4-5,8,11-13H,6-7,9-10H2,1-3H3,(H,21,22,24). The van der Waals surface area contributed by atoms with Crippen LogP contribution in [-0.2, 0) is 9.53 Å². The van der Waals surface area contributed by atoms with Gasteiger partial charge in [0.1, 0.15) is 5.60 Å². The van der Waals surface area contributed by atoms with Crippen LogP contribution in [0.25, 0.3) is 11.3 Å². The number of amides is 2. The van der Waals surface area contributed by atoms with Gasteiger partial charge >= 0.3 is 6.09 Å². The number of ether oxygens (including phenoxy) is 1. The van der Waals surface area contributed by atoms with E-state index in [2.05, 4.69) is 15.3 Å². The molecule has 0 bridgehead atoms. The Morgan fingerprint density at radius 1 is 1.30 bits per heavy atom. The van der Waals surface area contributed by atoms with Crippen LogP contribution in [0.2, 0.25) is 0 Å². The van der Waals surface area contributed by atoms with E-state index < -0.39 is 5.60 Å². The van der Waals surface area contributed by atoms with Crippen molar-refractivity contribution in [3.05, 3.63) is 29.9 Å². The molecule has 0 aromatic carbocycles. The number of hydrogen-bond donors (Lipinski definition) is 1. The number of piperidine rings is 1. The minimum Gasteiger partial charge on any atom is -0.444 e. The maximum atomic E-state index is 12.5. The number of aromatic nitrogens is 2. The van der Waals surface area contributed by atoms with E-state index in [9.17, 15) is 9.59 Å². The van der Waals surface area contributed by atoms with E-state index in [-0.39, 0.29) is 17.9 Å². The number of hydrogen-bond acceptors (Lipinski definition) is 6. The number of pyridine rings is 1. The third kappa shape index (κ3) is 5.26. The van der Waals surface area contributed by atoms with Gasteiger partial charge in [0.05, 0.1) is 5.69 Å². The van der Waals surface area contributed by atoms with Crippen LogP contribution < -0.4 is 5.32 Å². The number of rotatable bonds is 3. The molecule has 2 aromatic rings. The molecule has 8 heteroatoms. The fraction of sp³-hybridized carbons (Fsp3) is 0.474. The lowest BCUT2D eigenvalue weighted by Crippen LogP contribution is -2.43. The fourth-order valence-electron chi connectivity index (χ4n) is 2.84. The first-order valence-corrected chi connectivity index (χ1v) is 9.84. The molecular weight excluding hydrogens is 364 g/mol. The van der Waals surface area contributed by atoms with E-state index in [1.165, 1.54) is 11.3 Å². The van der Waals surface area contributed by atoms with Crippen LogP contribution in [-0.4, -0.2) is 45.6 Å². The van der Waals surface area contributed by atoms with E-state index in [0.717, 1.165) is 11.3 Å². The number of carbonyl (C=O) groups excluding carboxylic acids is 2. The molecule has 1 aliphatic heterocycles. The molecule has 1 saturated heterocycles. The second-order valence-corrected chi connectivity index (χ2v) is 8.37. The molecular formula is C19H24N4O3S. The van der Waals surface area contributed by atoms with Crippen molar-refractivity contribution < 1.29 is 14.3 Å². The molecule has 3 rings (SSSR count). The lowest BCUT2D eigenvalue weighted by molar-refractivity contribution is -0.121. The van der Waals surface area contributed by atoms with E-state index in [1.807, 2.05) is 38.3 Å². The number of likely N-dealkylation sites (tertiary alicyclic amines) is 1. The maximum Gasteiger partial charge on any atom is 0.410 e. The van der Waals surface area contributed by atoms with Gasteiger partial charge in [0.15, 0.2) is 5.13 Å². The lowest BCUT2D eigenvalue weighted by Gasteiger charge is -2.32. The number of thiazole rings is 1. The Balaban J connectivity index is 1.52. The number of carbonyl (C=O) groups is 2. The van der Waals surface area contributed by atoms with Crippen LogP contribution in [0.15, 0.2) is 29.9 Å². The van der Waals surface area contributed by atoms with Crippen LogP contribution >= 0.6 is 11.3 Å². The Kier molecular flexibility index (Phi) is 5.74. The largest absolute Gasteiger partial charge is 0.444 e. The monoisotopic (exact) mass is 388 g/mol. The van der Waals surface area contributed by atoms with Gasteiger partial charge < -0.3 is 15.0 Å². The van der Waals surface area contributed by atoms with E-state index in [1.54, 1.807) is 17.3 Å². The van der Waals surface area contributed by atoms with Crippen molar-refractivity contribution in [3.63, 3.8) is 0 Å². The first kappa shape index (κ1) is 19.3. The molecule has 0 spiro atoms. The minimum atomic E-state index is -0.512. The average molecular weight is 388 g/mol. The normalized spacial score (nSPS) is 15.4. The van der Waals surface area contributed by atoms with Gasteiger partial charge in [-0.1, -0.05) is 0 Å². The van der Waals surface area contributed by atoms with Crippen molar-refractivity contribution in [2.75, 3.05) is 18.4 Å². The van der Waals surface area contributed by atoms with Crippen LogP contribution in [0.1, 0.15) is 33.6 Å². The van der Waals surface area contributed by atoms with Crippen molar-refractivity contribution >= 4 is 28.5 Å². The van der Waals surface area contributed by atoms with Gasteiger partial charge in [0.2, 0.25) is 5.91 Å². The summed E-state index contributed by atoms with van der Waals surface area (Å²) in [7, 11) is 0. The third-order valence-corrected chi connectivity index (χ3v) is 4.97. The molecule has 3 heterocycles. The Bertz CT molecular complexity index is 793. The fourth-order valence-corrected chi connectivity index (χ4v) is 3.56. The van der Waals surface area contributed by atoms with Gasteiger partial charge in [-0.3, -0.25) is 9.78 Å². The zero-order valence-corrected chi connectivity index (χ0v) is 16.6. The molecule has 0 radical (unpaired) electrons. The highest BCUT2D eigenvalue weighted by atomic mass is 32.1.